The Balaban J connectivity index is 1.69. The summed E-state index contributed by atoms with van der Waals surface area (Å²) < 4.78 is 1.93. The molecule has 0 saturated heterocycles. The van der Waals surface area contributed by atoms with Crippen LogP contribution in [0.25, 0.3) is 0 Å². The van der Waals surface area contributed by atoms with Crippen molar-refractivity contribution in [2.75, 3.05) is 0 Å². The Morgan fingerprint density at radius 3 is 1.57 bits per heavy atom. The van der Waals surface area contributed by atoms with Gasteiger partial charge < -0.3 is 0 Å². The predicted octanol–water partition coefficient (Wildman–Crippen LogP) is 5.76. The maximum atomic E-state index is 3.98. The molecular weight excluding hydrogens is 258 g/mol. The van der Waals surface area contributed by atoms with Gasteiger partial charge in [0.2, 0.25) is 0 Å². The first-order valence-electron chi connectivity index (χ1n) is 9.27. The van der Waals surface area contributed by atoms with Gasteiger partial charge in [-0.05, 0) is 6.42 Å². The average molecular weight is 293 g/mol. The maximum absolute atomic E-state index is 3.98. The third kappa shape index (κ3) is 11.5. The van der Waals surface area contributed by atoms with Crippen molar-refractivity contribution in [1.29, 1.82) is 0 Å². The highest BCUT2D eigenvalue weighted by Gasteiger charge is 1.95. The molecule has 0 saturated carbocycles. The minimum atomic E-state index is 1.03. The van der Waals surface area contributed by atoms with E-state index in [9.17, 15) is 0 Å². The Bertz CT molecular complexity index is 295. The summed E-state index contributed by atoms with van der Waals surface area (Å²) >= 11 is 0. The molecule has 0 spiro atoms. The Labute approximate surface area is 131 Å². The Morgan fingerprint density at radius 2 is 1.14 bits per heavy atom. The monoisotopic (exact) mass is 293 g/mol. The van der Waals surface area contributed by atoms with E-state index >= 15 is 0 Å². The molecule has 0 aromatic carbocycles. The quantitative estimate of drug-likeness (QED) is 0.385. The first kappa shape index (κ1) is 18.2. The smallest absolute Gasteiger partial charge is 0.0692 e. The molecule has 1 aromatic heterocycles. The molecule has 0 aliphatic carbocycles. The Morgan fingerprint density at radius 1 is 0.667 bits per heavy atom. The second-order valence-corrected chi connectivity index (χ2v) is 6.26. The van der Waals surface area contributed by atoms with Crippen LogP contribution in [0.5, 0.6) is 0 Å². The second-order valence-electron chi connectivity index (χ2n) is 6.26. The number of hydrogen-bond acceptors (Lipinski definition) is 2. The molecule has 122 valence electrons. The van der Waals surface area contributed by atoms with Crippen LogP contribution in [-0.2, 0) is 6.54 Å². The van der Waals surface area contributed by atoms with E-state index in [2.05, 4.69) is 17.2 Å². The standard InChI is InChI=1S/C18H35N3/c1-2-3-4-5-6-7-8-9-10-11-12-13-14-15-17-21-18-16-19-20-21/h16,18H,2-15,17H2,1H3. The van der Waals surface area contributed by atoms with Crippen molar-refractivity contribution >= 4 is 0 Å². The fourth-order valence-electron chi connectivity index (χ4n) is 2.82. The van der Waals surface area contributed by atoms with E-state index in [1.807, 2.05) is 10.9 Å². The number of aromatic nitrogens is 3. The van der Waals surface area contributed by atoms with Crippen molar-refractivity contribution < 1.29 is 0 Å². The van der Waals surface area contributed by atoms with Crippen LogP contribution in [0.4, 0.5) is 0 Å². The SMILES string of the molecule is CCCCCCCCCCCCCCCCn1ccnn1. The molecule has 21 heavy (non-hydrogen) atoms. The topological polar surface area (TPSA) is 30.7 Å². The minimum Gasteiger partial charge on any atom is -0.253 e. The van der Waals surface area contributed by atoms with E-state index in [1.165, 1.54) is 89.9 Å². The molecule has 0 atom stereocenters. The lowest BCUT2D eigenvalue weighted by molar-refractivity contribution is 0.504. The van der Waals surface area contributed by atoms with Crippen molar-refractivity contribution in [1.82, 2.24) is 15.0 Å². The molecule has 0 N–H and O–H groups in total. The fraction of sp³-hybridized carbons (Fsp3) is 0.889. The molecule has 0 fully saturated rings. The predicted molar refractivity (Wildman–Crippen MR) is 90.3 cm³/mol. The van der Waals surface area contributed by atoms with Crippen LogP contribution in [0.1, 0.15) is 96.8 Å². The normalized spacial score (nSPS) is 11.1. The maximum Gasteiger partial charge on any atom is 0.0692 e. The van der Waals surface area contributed by atoms with Crippen molar-refractivity contribution in [2.24, 2.45) is 0 Å². The van der Waals surface area contributed by atoms with E-state index in [-0.39, 0.29) is 0 Å². The number of unbranched alkanes of at least 4 members (excludes halogenated alkanes) is 13. The number of hydrogen-bond donors (Lipinski definition) is 0. The summed E-state index contributed by atoms with van der Waals surface area (Å²) in [7, 11) is 0. The lowest BCUT2D eigenvalue weighted by atomic mass is 10.0. The molecule has 3 nitrogen and oxygen atoms in total. The minimum absolute atomic E-state index is 1.03. The van der Waals surface area contributed by atoms with Crippen molar-refractivity contribution in [3.63, 3.8) is 0 Å². The van der Waals surface area contributed by atoms with Crippen LogP contribution in [0, 0.1) is 0 Å². The summed E-state index contributed by atoms with van der Waals surface area (Å²) in [6.07, 6.45) is 23.5. The summed E-state index contributed by atoms with van der Waals surface area (Å²) in [6, 6.07) is 0. The largest absolute Gasteiger partial charge is 0.253 e. The molecule has 0 radical (unpaired) electrons. The van der Waals surface area contributed by atoms with Gasteiger partial charge >= 0.3 is 0 Å². The molecule has 0 unspecified atom stereocenters. The van der Waals surface area contributed by atoms with Crippen molar-refractivity contribution in [2.45, 2.75) is 103 Å². The van der Waals surface area contributed by atoms with Gasteiger partial charge in [0.15, 0.2) is 0 Å². The van der Waals surface area contributed by atoms with Gasteiger partial charge in [-0.15, -0.1) is 5.10 Å². The first-order valence-corrected chi connectivity index (χ1v) is 9.27. The van der Waals surface area contributed by atoms with Crippen LogP contribution in [-0.4, -0.2) is 15.0 Å². The van der Waals surface area contributed by atoms with Gasteiger partial charge in [0.25, 0.3) is 0 Å². The van der Waals surface area contributed by atoms with E-state index in [0.29, 0.717) is 0 Å². The van der Waals surface area contributed by atoms with Crippen molar-refractivity contribution in [3.8, 4) is 0 Å². The zero-order chi connectivity index (χ0) is 15.0. The lowest BCUT2D eigenvalue weighted by Gasteiger charge is -2.03. The molecular formula is C18H35N3. The van der Waals surface area contributed by atoms with Gasteiger partial charge in [-0.3, -0.25) is 4.68 Å². The van der Waals surface area contributed by atoms with Crippen LogP contribution in [0.3, 0.4) is 0 Å². The number of nitrogens with zero attached hydrogens (tertiary/aromatic N) is 3. The third-order valence-corrected chi connectivity index (χ3v) is 4.21. The van der Waals surface area contributed by atoms with Crippen LogP contribution in [0.15, 0.2) is 12.4 Å². The summed E-state index contributed by atoms with van der Waals surface area (Å²) in [4.78, 5) is 0. The van der Waals surface area contributed by atoms with E-state index in [4.69, 9.17) is 0 Å². The first-order chi connectivity index (χ1) is 10.4. The van der Waals surface area contributed by atoms with Crippen LogP contribution in [0.2, 0.25) is 0 Å². The van der Waals surface area contributed by atoms with Crippen LogP contribution < -0.4 is 0 Å². The van der Waals surface area contributed by atoms with Gasteiger partial charge in [-0.1, -0.05) is 95.6 Å². The molecule has 0 amide bonds. The summed E-state index contributed by atoms with van der Waals surface area (Å²) in [6.45, 7) is 3.31. The van der Waals surface area contributed by atoms with Gasteiger partial charge in [0.05, 0.1) is 6.20 Å². The summed E-state index contributed by atoms with van der Waals surface area (Å²) in [5.41, 5.74) is 0. The van der Waals surface area contributed by atoms with Gasteiger partial charge in [0.1, 0.15) is 0 Å². The Hall–Kier alpha value is -0.860. The molecule has 1 aromatic rings. The molecule has 0 bridgehead atoms. The van der Waals surface area contributed by atoms with Crippen LogP contribution >= 0.6 is 0 Å². The van der Waals surface area contributed by atoms with E-state index < -0.39 is 0 Å². The Kier molecular flexibility index (Phi) is 12.2. The summed E-state index contributed by atoms with van der Waals surface area (Å²) in [5, 5.41) is 7.80. The highest BCUT2D eigenvalue weighted by molar-refractivity contribution is 4.63. The van der Waals surface area contributed by atoms with Gasteiger partial charge in [0, 0.05) is 12.7 Å². The van der Waals surface area contributed by atoms with Crippen molar-refractivity contribution in [3.05, 3.63) is 12.4 Å². The average Bonchev–Trinajstić information content (AvgIpc) is 3.01. The highest BCUT2D eigenvalue weighted by Crippen LogP contribution is 2.13. The van der Waals surface area contributed by atoms with E-state index in [1.54, 1.807) is 6.20 Å². The lowest BCUT2D eigenvalue weighted by Crippen LogP contribution is -1.98. The zero-order valence-electron chi connectivity index (χ0n) is 14.1. The van der Waals surface area contributed by atoms with Gasteiger partial charge in [-0.2, -0.15) is 0 Å². The summed E-state index contributed by atoms with van der Waals surface area (Å²) in [5.74, 6) is 0. The molecule has 1 heterocycles. The third-order valence-electron chi connectivity index (χ3n) is 4.21. The fourth-order valence-corrected chi connectivity index (χ4v) is 2.82. The second kappa shape index (κ2) is 14.1. The zero-order valence-corrected chi connectivity index (χ0v) is 14.1. The molecule has 3 heteroatoms. The molecule has 0 aliphatic heterocycles. The highest BCUT2D eigenvalue weighted by atomic mass is 15.4. The molecule has 1 rings (SSSR count). The van der Waals surface area contributed by atoms with Gasteiger partial charge in [-0.25, -0.2) is 0 Å². The number of rotatable bonds is 15. The van der Waals surface area contributed by atoms with E-state index in [0.717, 1.165) is 6.54 Å². The molecule has 0 aliphatic rings. The number of aryl methyl sites for hydroxylation is 1.